The van der Waals surface area contributed by atoms with Gasteiger partial charge in [-0.2, -0.15) is 8.78 Å². The Morgan fingerprint density at radius 1 is 1.58 bits per heavy atom. The molecule has 0 aromatic carbocycles. The van der Waals surface area contributed by atoms with Crippen molar-refractivity contribution in [2.24, 2.45) is 0 Å². The molecule has 1 unspecified atom stereocenters. The number of hydrogen-bond donors (Lipinski definition) is 1. The maximum atomic E-state index is 12.4. The molecule has 0 amide bonds. The summed E-state index contributed by atoms with van der Waals surface area (Å²) < 4.78 is 24.8. The van der Waals surface area contributed by atoms with Crippen LogP contribution in [0.1, 0.15) is 11.8 Å². The highest BCUT2D eigenvalue weighted by molar-refractivity contribution is 9.10. The predicted octanol–water partition coefficient (Wildman–Crippen LogP) is 1.50. The van der Waals surface area contributed by atoms with Crippen LogP contribution in [0.4, 0.5) is 8.78 Å². The maximum Gasteiger partial charge on any atom is 0.332 e. The number of aromatic nitrogens is 2. The summed E-state index contributed by atoms with van der Waals surface area (Å²) in [4.78, 5) is 3.64. The summed E-state index contributed by atoms with van der Waals surface area (Å²) in [5.41, 5.74) is -0.119. The minimum Gasteiger partial charge on any atom is -0.380 e. The van der Waals surface area contributed by atoms with Gasteiger partial charge >= 0.3 is 4.83 Å². The van der Waals surface area contributed by atoms with E-state index in [0.717, 1.165) is 6.33 Å². The molecule has 0 radical (unpaired) electrons. The van der Waals surface area contributed by atoms with Crippen LogP contribution in [0.15, 0.2) is 18.6 Å². The molecule has 6 heteroatoms. The Morgan fingerprint density at radius 3 is 2.67 bits per heavy atom. The molecular formula is C6H5BrF2N2O. The van der Waals surface area contributed by atoms with Crippen LogP contribution in [-0.2, 0) is 0 Å². The Balaban J connectivity index is 2.86. The summed E-state index contributed by atoms with van der Waals surface area (Å²) in [6, 6.07) is 1.22. The molecule has 0 spiro atoms. The van der Waals surface area contributed by atoms with Gasteiger partial charge in [-0.3, -0.25) is 0 Å². The second kappa shape index (κ2) is 3.40. The molecule has 12 heavy (non-hydrogen) atoms. The van der Waals surface area contributed by atoms with Gasteiger partial charge < -0.3 is 5.11 Å². The van der Waals surface area contributed by atoms with Gasteiger partial charge in [0, 0.05) is 6.20 Å². The van der Waals surface area contributed by atoms with Crippen molar-refractivity contribution in [3.8, 4) is 0 Å². The fraction of sp³-hybridized carbons (Fsp3) is 0.333. The smallest absolute Gasteiger partial charge is 0.332 e. The van der Waals surface area contributed by atoms with Crippen molar-refractivity contribution in [3.05, 3.63) is 24.3 Å². The zero-order valence-corrected chi connectivity index (χ0v) is 7.37. The third kappa shape index (κ3) is 2.18. The summed E-state index contributed by atoms with van der Waals surface area (Å²) in [6.45, 7) is 0. The number of nitrogens with zero attached hydrogens (tertiary/aromatic N) is 2. The lowest BCUT2D eigenvalue weighted by atomic mass is 10.2. The molecule has 0 saturated heterocycles. The first-order chi connectivity index (χ1) is 5.52. The molecule has 0 aliphatic rings. The molecule has 3 nitrogen and oxygen atoms in total. The summed E-state index contributed by atoms with van der Waals surface area (Å²) in [5.74, 6) is 0. The van der Waals surface area contributed by atoms with Gasteiger partial charge in [0.15, 0.2) is 6.10 Å². The highest BCUT2D eigenvalue weighted by Crippen LogP contribution is 2.35. The Labute approximate surface area is 75.6 Å². The third-order valence-corrected chi connectivity index (χ3v) is 1.63. The topological polar surface area (TPSA) is 46.0 Å². The minimum absolute atomic E-state index is 0.119. The Kier molecular flexibility index (Phi) is 2.69. The summed E-state index contributed by atoms with van der Waals surface area (Å²) in [7, 11) is 0. The van der Waals surface area contributed by atoms with E-state index >= 15 is 0 Å². The fourth-order valence-electron chi connectivity index (χ4n) is 0.630. The van der Waals surface area contributed by atoms with Crippen molar-refractivity contribution in [1.82, 2.24) is 9.97 Å². The Morgan fingerprint density at radius 2 is 2.25 bits per heavy atom. The van der Waals surface area contributed by atoms with E-state index in [2.05, 4.69) is 9.97 Å². The van der Waals surface area contributed by atoms with Crippen LogP contribution in [-0.4, -0.2) is 19.9 Å². The van der Waals surface area contributed by atoms with Crippen molar-refractivity contribution >= 4 is 15.9 Å². The normalized spacial score (nSPS) is 14.3. The van der Waals surface area contributed by atoms with Crippen LogP contribution in [0.5, 0.6) is 0 Å². The van der Waals surface area contributed by atoms with E-state index in [9.17, 15) is 8.78 Å². The molecule has 1 aromatic rings. The number of hydrogen-bond acceptors (Lipinski definition) is 3. The molecule has 0 aliphatic carbocycles. The average molecular weight is 239 g/mol. The fourth-order valence-corrected chi connectivity index (χ4v) is 0.865. The van der Waals surface area contributed by atoms with Gasteiger partial charge in [0.05, 0.1) is 5.69 Å². The summed E-state index contributed by atoms with van der Waals surface area (Å²) in [5, 5.41) is 8.97. The molecule has 0 fully saturated rings. The standard InChI is InChI=1S/C6H5BrF2N2O/c7-6(8,9)5(12)4-1-2-10-3-11-4/h1-3,5,12H. The van der Waals surface area contributed by atoms with Gasteiger partial charge in [-0.15, -0.1) is 0 Å². The van der Waals surface area contributed by atoms with Gasteiger partial charge in [-0.25, -0.2) is 9.97 Å². The van der Waals surface area contributed by atoms with Crippen LogP contribution >= 0.6 is 15.9 Å². The zero-order chi connectivity index (χ0) is 9.19. The number of halogens is 3. The van der Waals surface area contributed by atoms with E-state index in [1.807, 2.05) is 15.9 Å². The van der Waals surface area contributed by atoms with E-state index in [0.29, 0.717) is 0 Å². The Hall–Kier alpha value is -0.620. The average Bonchev–Trinajstić information content (AvgIpc) is 2.03. The first kappa shape index (κ1) is 9.47. The highest BCUT2D eigenvalue weighted by Gasteiger charge is 2.36. The van der Waals surface area contributed by atoms with Crippen LogP contribution in [0, 0.1) is 0 Å². The maximum absolute atomic E-state index is 12.4. The van der Waals surface area contributed by atoms with Crippen LogP contribution in [0.25, 0.3) is 0 Å². The first-order valence-electron chi connectivity index (χ1n) is 3.02. The zero-order valence-electron chi connectivity index (χ0n) is 5.78. The van der Waals surface area contributed by atoms with E-state index in [4.69, 9.17) is 5.11 Å². The predicted molar refractivity (Wildman–Crippen MR) is 40.9 cm³/mol. The van der Waals surface area contributed by atoms with E-state index < -0.39 is 10.9 Å². The van der Waals surface area contributed by atoms with Gasteiger partial charge in [-0.1, -0.05) is 0 Å². The van der Waals surface area contributed by atoms with Crippen molar-refractivity contribution in [2.45, 2.75) is 10.9 Å². The second-order valence-corrected chi connectivity index (χ2v) is 3.14. The lowest BCUT2D eigenvalue weighted by Crippen LogP contribution is -2.19. The molecule has 1 heterocycles. The van der Waals surface area contributed by atoms with E-state index in [1.165, 1.54) is 12.3 Å². The van der Waals surface area contributed by atoms with Crippen molar-refractivity contribution in [3.63, 3.8) is 0 Å². The van der Waals surface area contributed by atoms with Crippen molar-refractivity contribution in [1.29, 1.82) is 0 Å². The molecule has 0 bridgehead atoms. The number of aliphatic hydroxyl groups is 1. The molecule has 0 aliphatic heterocycles. The van der Waals surface area contributed by atoms with Gasteiger partial charge in [0.25, 0.3) is 0 Å². The van der Waals surface area contributed by atoms with Gasteiger partial charge in [-0.05, 0) is 22.0 Å². The third-order valence-electron chi connectivity index (χ3n) is 1.20. The summed E-state index contributed by atoms with van der Waals surface area (Å²) >= 11 is 2.04. The van der Waals surface area contributed by atoms with Crippen molar-refractivity contribution in [2.75, 3.05) is 0 Å². The minimum atomic E-state index is -3.36. The van der Waals surface area contributed by atoms with E-state index in [1.54, 1.807) is 0 Å². The molecule has 1 aromatic heterocycles. The molecule has 1 N–H and O–H groups in total. The number of rotatable bonds is 2. The first-order valence-corrected chi connectivity index (χ1v) is 3.82. The van der Waals surface area contributed by atoms with Crippen LogP contribution in [0.3, 0.4) is 0 Å². The lowest BCUT2D eigenvalue weighted by Gasteiger charge is -2.14. The monoisotopic (exact) mass is 238 g/mol. The molecule has 66 valence electrons. The van der Waals surface area contributed by atoms with E-state index in [-0.39, 0.29) is 5.69 Å². The van der Waals surface area contributed by atoms with Crippen molar-refractivity contribution < 1.29 is 13.9 Å². The van der Waals surface area contributed by atoms with Gasteiger partial charge in [0.1, 0.15) is 6.33 Å². The lowest BCUT2D eigenvalue weighted by molar-refractivity contribution is -0.0317. The largest absolute Gasteiger partial charge is 0.380 e. The molecule has 1 atom stereocenters. The molecule has 0 saturated carbocycles. The SMILES string of the molecule is OC(c1ccncn1)C(F)(F)Br. The second-order valence-electron chi connectivity index (χ2n) is 2.08. The quantitative estimate of drug-likeness (QED) is 0.795. The van der Waals surface area contributed by atoms with Crippen LogP contribution < -0.4 is 0 Å². The molecular weight excluding hydrogens is 234 g/mol. The number of aliphatic hydroxyl groups excluding tert-OH is 1. The highest BCUT2D eigenvalue weighted by atomic mass is 79.9. The number of alkyl halides is 3. The van der Waals surface area contributed by atoms with Crippen LogP contribution in [0.2, 0.25) is 0 Å². The molecule has 1 rings (SSSR count). The summed E-state index contributed by atoms with van der Waals surface area (Å²) in [6.07, 6.45) is 0.433. The van der Waals surface area contributed by atoms with Gasteiger partial charge in [0.2, 0.25) is 0 Å². The Bertz CT molecular complexity index is 251.